The molecule has 0 aromatic rings. The maximum absolute atomic E-state index is 4.39. The minimum Gasteiger partial charge on any atom is -0.174 e. The third-order valence-electron chi connectivity index (χ3n) is 4.09. The summed E-state index contributed by atoms with van der Waals surface area (Å²) in [6, 6.07) is 0. The first-order valence-corrected chi connectivity index (χ1v) is 15.2. The van der Waals surface area contributed by atoms with Crippen molar-refractivity contribution in [2.75, 3.05) is 23.0 Å². The summed E-state index contributed by atoms with van der Waals surface area (Å²) in [7, 11) is 0. The van der Waals surface area contributed by atoms with Gasteiger partial charge in [-0.3, -0.25) is 0 Å². The van der Waals surface area contributed by atoms with Gasteiger partial charge in [0.25, 0.3) is 0 Å². The SMILES string of the molecule is SCC1=CSC(CSC2CCCC(SCC3SC=C(CS)S3)C2)S1. The molecule has 136 valence electrons. The van der Waals surface area contributed by atoms with Gasteiger partial charge in [0.15, 0.2) is 0 Å². The van der Waals surface area contributed by atoms with E-state index < -0.39 is 0 Å². The molecule has 0 bridgehead atoms. The van der Waals surface area contributed by atoms with Crippen molar-refractivity contribution in [3.8, 4) is 0 Å². The largest absolute Gasteiger partial charge is 0.174 e. The third kappa shape index (κ3) is 6.71. The molecule has 0 radical (unpaired) electrons. The van der Waals surface area contributed by atoms with Gasteiger partial charge < -0.3 is 0 Å². The smallest absolute Gasteiger partial charge is 0.0678 e. The van der Waals surface area contributed by atoms with Crippen LogP contribution in [0.15, 0.2) is 20.6 Å². The average Bonchev–Trinajstić information content (AvgIpc) is 3.27. The normalized spacial score (nSPS) is 33.6. The molecule has 0 spiro atoms. The van der Waals surface area contributed by atoms with Crippen LogP contribution < -0.4 is 0 Å². The fourth-order valence-corrected chi connectivity index (χ4v) is 12.2. The summed E-state index contributed by atoms with van der Waals surface area (Å²) in [5, 5.41) is 6.39. The summed E-state index contributed by atoms with van der Waals surface area (Å²) in [4.78, 5) is 2.90. The fourth-order valence-electron chi connectivity index (χ4n) is 2.88. The lowest BCUT2D eigenvalue weighted by Crippen LogP contribution is -2.21. The van der Waals surface area contributed by atoms with Crippen molar-refractivity contribution < 1.29 is 0 Å². The number of hydrogen-bond donors (Lipinski definition) is 2. The van der Waals surface area contributed by atoms with Crippen molar-refractivity contribution in [1.82, 2.24) is 0 Å². The van der Waals surface area contributed by atoms with Crippen LogP contribution >= 0.6 is 95.8 Å². The standard InChI is InChI=1S/C16H24S8/c17-5-13-7-21-15(23-13)9-19-11-2-1-3-12(4-11)20-10-16-22-8-14(6-18)24-16/h7-8,11-12,15-18H,1-6,9-10H2. The van der Waals surface area contributed by atoms with Gasteiger partial charge in [0, 0.05) is 43.3 Å². The molecule has 8 heteroatoms. The molecule has 0 nitrogen and oxygen atoms in total. The molecule has 2 heterocycles. The van der Waals surface area contributed by atoms with E-state index in [1.54, 1.807) is 0 Å². The molecule has 4 unspecified atom stereocenters. The summed E-state index contributed by atoms with van der Waals surface area (Å²) in [6.07, 6.45) is 5.69. The Morgan fingerprint density at radius 2 is 1.38 bits per heavy atom. The Kier molecular flexibility index (Phi) is 9.91. The van der Waals surface area contributed by atoms with E-state index in [4.69, 9.17) is 0 Å². The van der Waals surface area contributed by atoms with Crippen LogP contribution in [-0.2, 0) is 0 Å². The van der Waals surface area contributed by atoms with Crippen LogP contribution in [0.5, 0.6) is 0 Å². The lowest BCUT2D eigenvalue weighted by atomic mass is 10.00. The molecule has 3 aliphatic rings. The highest BCUT2D eigenvalue weighted by Crippen LogP contribution is 2.45. The molecular weight excluding hydrogens is 449 g/mol. The number of thiol groups is 2. The molecule has 1 saturated carbocycles. The molecular formula is C16H24S8. The molecule has 4 atom stereocenters. The van der Waals surface area contributed by atoms with Crippen LogP contribution in [-0.4, -0.2) is 42.7 Å². The zero-order valence-corrected chi connectivity index (χ0v) is 20.2. The highest BCUT2D eigenvalue weighted by Gasteiger charge is 2.27. The Morgan fingerprint density at radius 1 is 0.875 bits per heavy atom. The van der Waals surface area contributed by atoms with Crippen molar-refractivity contribution in [3.05, 3.63) is 20.6 Å². The number of hydrogen-bond acceptors (Lipinski definition) is 8. The summed E-state index contributed by atoms with van der Waals surface area (Å²) < 4.78 is 1.45. The van der Waals surface area contributed by atoms with E-state index in [1.165, 1.54) is 47.0 Å². The molecule has 2 aliphatic heterocycles. The van der Waals surface area contributed by atoms with E-state index in [-0.39, 0.29) is 0 Å². The van der Waals surface area contributed by atoms with E-state index >= 15 is 0 Å². The maximum atomic E-state index is 4.39. The van der Waals surface area contributed by atoms with Gasteiger partial charge in [-0.15, -0.1) is 47.0 Å². The number of thioether (sulfide) groups is 6. The van der Waals surface area contributed by atoms with Crippen LogP contribution in [0.1, 0.15) is 25.7 Å². The van der Waals surface area contributed by atoms with Crippen LogP contribution in [0.4, 0.5) is 0 Å². The molecule has 3 rings (SSSR count). The molecule has 24 heavy (non-hydrogen) atoms. The van der Waals surface area contributed by atoms with Gasteiger partial charge in [-0.05, 0) is 30.1 Å². The second kappa shape index (κ2) is 11.3. The monoisotopic (exact) mass is 472 g/mol. The van der Waals surface area contributed by atoms with Crippen molar-refractivity contribution in [1.29, 1.82) is 0 Å². The Bertz CT molecular complexity index is 423. The first kappa shape index (κ1) is 21.0. The maximum Gasteiger partial charge on any atom is 0.0678 e. The predicted octanol–water partition coefficient (Wildman–Crippen LogP) is 6.92. The van der Waals surface area contributed by atoms with Gasteiger partial charge in [0.2, 0.25) is 0 Å². The van der Waals surface area contributed by atoms with E-state index in [9.17, 15) is 0 Å². The minimum absolute atomic E-state index is 0.724. The quantitative estimate of drug-likeness (QED) is 0.365. The van der Waals surface area contributed by atoms with Gasteiger partial charge in [0.05, 0.1) is 9.16 Å². The van der Waals surface area contributed by atoms with Crippen molar-refractivity contribution in [2.45, 2.75) is 45.3 Å². The van der Waals surface area contributed by atoms with Gasteiger partial charge in [-0.1, -0.05) is 6.42 Å². The molecule has 0 saturated heterocycles. The summed E-state index contributed by atoms with van der Waals surface area (Å²) >= 11 is 21.3. The Labute approximate surface area is 183 Å². The van der Waals surface area contributed by atoms with Crippen LogP contribution in [0, 0.1) is 0 Å². The molecule has 1 fully saturated rings. The lowest BCUT2D eigenvalue weighted by molar-refractivity contribution is 0.528. The second-order valence-corrected chi connectivity index (χ2v) is 14.6. The predicted molar refractivity (Wildman–Crippen MR) is 133 cm³/mol. The van der Waals surface area contributed by atoms with Crippen LogP contribution in [0.25, 0.3) is 0 Å². The molecule has 0 aromatic heterocycles. The van der Waals surface area contributed by atoms with E-state index in [0.717, 1.165) is 31.2 Å². The van der Waals surface area contributed by atoms with Crippen LogP contribution in [0.2, 0.25) is 0 Å². The van der Waals surface area contributed by atoms with E-state index in [1.807, 2.05) is 47.0 Å². The summed E-state index contributed by atoms with van der Waals surface area (Å²) in [6.45, 7) is 0. The fraction of sp³-hybridized carbons (Fsp3) is 0.750. The average molecular weight is 473 g/mol. The first-order chi connectivity index (χ1) is 11.8. The van der Waals surface area contributed by atoms with Gasteiger partial charge in [0.1, 0.15) is 0 Å². The Balaban J connectivity index is 1.31. The highest BCUT2D eigenvalue weighted by atomic mass is 32.2. The van der Waals surface area contributed by atoms with Gasteiger partial charge in [-0.25, -0.2) is 0 Å². The van der Waals surface area contributed by atoms with E-state index in [0.29, 0.717) is 0 Å². The Hall–Kier alpha value is 2.28. The lowest BCUT2D eigenvalue weighted by Gasteiger charge is -2.29. The molecule has 0 aromatic carbocycles. The third-order valence-corrected chi connectivity index (χ3v) is 14.2. The zero-order chi connectivity index (χ0) is 16.8. The number of rotatable bonds is 8. The minimum atomic E-state index is 0.724. The summed E-state index contributed by atoms with van der Waals surface area (Å²) in [5.74, 6) is 4.38. The second-order valence-electron chi connectivity index (χ2n) is 5.93. The molecule has 1 aliphatic carbocycles. The molecule has 0 amide bonds. The zero-order valence-electron chi connectivity index (χ0n) is 13.5. The first-order valence-electron chi connectivity index (χ1n) is 8.24. The highest BCUT2D eigenvalue weighted by molar-refractivity contribution is 8.24. The van der Waals surface area contributed by atoms with Crippen molar-refractivity contribution in [2.24, 2.45) is 0 Å². The summed E-state index contributed by atoms with van der Waals surface area (Å²) in [5.41, 5.74) is 0. The van der Waals surface area contributed by atoms with Crippen LogP contribution in [0.3, 0.4) is 0 Å². The van der Waals surface area contributed by atoms with Crippen molar-refractivity contribution in [3.63, 3.8) is 0 Å². The van der Waals surface area contributed by atoms with Crippen molar-refractivity contribution >= 4 is 95.8 Å². The molecule has 0 N–H and O–H groups in total. The van der Waals surface area contributed by atoms with Gasteiger partial charge in [-0.2, -0.15) is 48.8 Å². The van der Waals surface area contributed by atoms with E-state index in [2.05, 4.69) is 59.6 Å². The Morgan fingerprint density at radius 3 is 1.79 bits per heavy atom. The van der Waals surface area contributed by atoms with Gasteiger partial charge >= 0.3 is 0 Å². The topological polar surface area (TPSA) is 0 Å².